The minimum Gasteiger partial charge on any atom is -0.495 e. The Morgan fingerprint density at radius 3 is 2.60 bits per heavy atom. The molecule has 110 valence electrons. The summed E-state index contributed by atoms with van der Waals surface area (Å²) in [5, 5.41) is 3.13. The number of hydrogen-bond acceptors (Lipinski definition) is 3. The van der Waals surface area contributed by atoms with Crippen LogP contribution in [0.15, 0.2) is 18.2 Å². The topological polar surface area (TPSA) is 58.6 Å². The standard InChI is InChI=1S/C14H19ClN2O3/c1-4-7-16-14(19)9-17(10(2)18)11-5-6-13(20-3)12(15)8-11/h5-6,8H,4,7,9H2,1-3H3,(H,16,19). The summed E-state index contributed by atoms with van der Waals surface area (Å²) in [6.45, 7) is 3.93. The Kier molecular flexibility index (Phi) is 6.31. The fourth-order valence-electron chi connectivity index (χ4n) is 1.67. The summed E-state index contributed by atoms with van der Waals surface area (Å²) in [4.78, 5) is 24.8. The lowest BCUT2D eigenvalue weighted by molar-refractivity contribution is -0.123. The zero-order valence-electron chi connectivity index (χ0n) is 11.9. The Morgan fingerprint density at radius 1 is 1.40 bits per heavy atom. The minimum atomic E-state index is -0.224. The third kappa shape index (κ3) is 4.42. The average molecular weight is 299 g/mol. The van der Waals surface area contributed by atoms with Crippen LogP contribution < -0.4 is 15.0 Å². The normalized spacial score (nSPS) is 10.0. The van der Waals surface area contributed by atoms with Crippen molar-refractivity contribution in [3.8, 4) is 5.75 Å². The lowest BCUT2D eigenvalue weighted by atomic mass is 10.2. The number of anilines is 1. The number of carbonyl (C=O) groups excluding carboxylic acids is 2. The molecule has 1 aromatic rings. The maximum Gasteiger partial charge on any atom is 0.240 e. The molecule has 0 aliphatic rings. The first-order valence-corrected chi connectivity index (χ1v) is 6.75. The van der Waals surface area contributed by atoms with Crippen molar-refractivity contribution < 1.29 is 14.3 Å². The van der Waals surface area contributed by atoms with E-state index in [9.17, 15) is 9.59 Å². The van der Waals surface area contributed by atoms with Crippen molar-refractivity contribution in [1.29, 1.82) is 0 Å². The predicted octanol–water partition coefficient (Wildman–Crippen LogP) is 2.23. The molecule has 0 heterocycles. The summed E-state index contributed by atoms with van der Waals surface area (Å²) in [7, 11) is 1.52. The van der Waals surface area contributed by atoms with Crippen LogP contribution in [0.5, 0.6) is 5.75 Å². The molecule has 6 heteroatoms. The summed E-state index contributed by atoms with van der Waals surface area (Å²) in [5.41, 5.74) is 0.565. The average Bonchev–Trinajstić information content (AvgIpc) is 2.42. The number of carbonyl (C=O) groups is 2. The van der Waals surface area contributed by atoms with E-state index >= 15 is 0 Å². The molecule has 1 N–H and O–H groups in total. The second-order valence-electron chi connectivity index (χ2n) is 4.27. The highest BCUT2D eigenvalue weighted by atomic mass is 35.5. The highest BCUT2D eigenvalue weighted by molar-refractivity contribution is 6.32. The molecule has 0 spiro atoms. The van der Waals surface area contributed by atoms with Crippen LogP contribution in [0.4, 0.5) is 5.69 Å². The zero-order chi connectivity index (χ0) is 15.1. The van der Waals surface area contributed by atoms with Gasteiger partial charge in [0.2, 0.25) is 11.8 Å². The van der Waals surface area contributed by atoms with Gasteiger partial charge in [-0.2, -0.15) is 0 Å². The number of nitrogens with zero attached hydrogens (tertiary/aromatic N) is 1. The lowest BCUT2D eigenvalue weighted by Gasteiger charge is -2.21. The van der Waals surface area contributed by atoms with Crippen molar-refractivity contribution in [3.63, 3.8) is 0 Å². The Balaban J connectivity index is 2.88. The Hall–Kier alpha value is -1.75. The smallest absolute Gasteiger partial charge is 0.240 e. The third-order valence-electron chi connectivity index (χ3n) is 2.70. The van der Waals surface area contributed by atoms with E-state index in [-0.39, 0.29) is 18.4 Å². The third-order valence-corrected chi connectivity index (χ3v) is 3.00. The van der Waals surface area contributed by atoms with Crippen LogP contribution in [0.2, 0.25) is 5.02 Å². The molecular weight excluding hydrogens is 280 g/mol. The SMILES string of the molecule is CCCNC(=O)CN(C(C)=O)c1ccc(OC)c(Cl)c1. The largest absolute Gasteiger partial charge is 0.495 e. The number of hydrogen-bond donors (Lipinski definition) is 1. The van der Waals surface area contributed by atoms with Gasteiger partial charge < -0.3 is 15.0 Å². The fraction of sp³-hybridized carbons (Fsp3) is 0.429. The number of ether oxygens (including phenoxy) is 1. The Bertz CT molecular complexity index is 491. The van der Waals surface area contributed by atoms with Crippen LogP contribution in [0.1, 0.15) is 20.3 Å². The van der Waals surface area contributed by atoms with Crippen molar-refractivity contribution in [2.24, 2.45) is 0 Å². The lowest BCUT2D eigenvalue weighted by Crippen LogP contribution is -2.40. The molecule has 1 aromatic carbocycles. The molecule has 1 rings (SSSR count). The van der Waals surface area contributed by atoms with E-state index in [1.165, 1.54) is 18.9 Å². The van der Waals surface area contributed by atoms with E-state index in [1.54, 1.807) is 18.2 Å². The number of halogens is 1. The molecule has 2 amide bonds. The number of rotatable bonds is 6. The van der Waals surface area contributed by atoms with E-state index in [4.69, 9.17) is 16.3 Å². The first-order valence-electron chi connectivity index (χ1n) is 6.38. The molecule has 20 heavy (non-hydrogen) atoms. The molecule has 0 aliphatic carbocycles. The summed E-state index contributed by atoms with van der Waals surface area (Å²) in [6.07, 6.45) is 0.847. The zero-order valence-corrected chi connectivity index (χ0v) is 12.7. The summed E-state index contributed by atoms with van der Waals surface area (Å²) >= 11 is 6.03. The molecular formula is C14H19ClN2O3. The highest BCUT2D eigenvalue weighted by Gasteiger charge is 2.16. The maximum absolute atomic E-state index is 11.7. The van der Waals surface area contributed by atoms with Crippen LogP contribution in [0.3, 0.4) is 0 Å². The summed E-state index contributed by atoms with van der Waals surface area (Å²) < 4.78 is 5.06. The van der Waals surface area contributed by atoms with Crippen LogP contribution in [0, 0.1) is 0 Å². The van der Waals surface area contributed by atoms with E-state index in [0.717, 1.165) is 6.42 Å². The molecule has 0 unspecified atom stereocenters. The van der Waals surface area contributed by atoms with Gasteiger partial charge in [-0.1, -0.05) is 18.5 Å². The van der Waals surface area contributed by atoms with Crippen molar-refractivity contribution in [2.75, 3.05) is 25.1 Å². The van der Waals surface area contributed by atoms with Crippen LogP contribution in [-0.4, -0.2) is 32.0 Å². The quantitative estimate of drug-likeness (QED) is 0.876. The van der Waals surface area contributed by atoms with Gasteiger partial charge in [-0.3, -0.25) is 9.59 Å². The maximum atomic E-state index is 11.7. The second-order valence-corrected chi connectivity index (χ2v) is 4.68. The van der Waals surface area contributed by atoms with Gasteiger partial charge in [-0.15, -0.1) is 0 Å². The van der Waals surface area contributed by atoms with Gasteiger partial charge >= 0.3 is 0 Å². The second kappa shape index (κ2) is 7.75. The van der Waals surface area contributed by atoms with Gasteiger partial charge in [-0.05, 0) is 24.6 Å². The Labute approximate surface area is 123 Å². The van der Waals surface area contributed by atoms with Gasteiger partial charge in [0.1, 0.15) is 12.3 Å². The molecule has 0 radical (unpaired) electrons. The Morgan fingerprint density at radius 2 is 2.10 bits per heavy atom. The van der Waals surface area contributed by atoms with Gasteiger partial charge in [-0.25, -0.2) is 0 Å². The molecule has 0 aliphatic heterocycles. The van der Waals surface area contributed by atoms with E-state index in [1.807, 2.05) is 6.92 Å². The van der Waals surface area contributed by atoms with Crippen molar-refractivity contribution in [3.05, 3.63) is 23.2 Å². The molecule has 5 nitrogen and oxygen atoms in total. The number of nitrogens with one attached hydrogen (secondary N) is 1. The molecule has 0 saturated carbocycles. The fourth-order valence-corrected chi connectivity index (χ4v) is 1.92. The van der Waals surface area contributed by atoms with Crippen molar-refractivity contribution >= 4 is 29.1 Å². The minimum absolute atomic E-state index is 0.0298. The van der Waals surface area contributed by atoms with Crippen molar-refractivity contribution in [2.45, 2.75) is 20.3 Å². The van der Waals surface area contributed by atoms with Crippen molar-refractivity contribution in [1.82, 2.24) is 5.32 Å². The van der Waals surface area contributed by atoms with Crippen LogP contribution in [-0.2, 0) is 9.59 Å². The van der Waals surface area contributed by atoms with Crippen LogP contribution >= 0.6 is 11.6 Å². The molecule has 0 bridgehead atoms. The van der Waals surface area contributed by atoms with E-state index in [0.29, 0.717) is 23.0 Å². The van der Waals surface area contributed by atoms with Gasteiger partial charge in [0, 0.05) is 19.2 Å². The summed E-state index contributed by atoms with van der Waals surface area (Å²) in [5.74, 6) is 0.0984. The number of benzene rings is 1. The molecule has 0 fully saturated rings. The molecule has 0 aromatic heterocycles. The van der Waals surface area contributed by atoms with Gasteiger partial charge in [0.15, 0.2) is 0 Å². The first-order chi connectivity index (χ1) is 9.49. The van der Waals surface area contributed by atoms with Gasteiger partial charge in [0.25, 0.3) is 0 Å². The predicted molar refractivity (Wildman–Crippen MR) is 79.3 cm³/mol. The summed E-state index contributed by atoms with van der Waals surface area (Å²) in [6, 6.07) is 4.96. The van der Waals surface area contributed by atoms with Crippen LogP contribution in [0.25, 0.3) is 0 Å². The first kappa shape index (κ1) is 16.3. The number of methoxy groups -OCH3 is 1. The van der Waals surface area contributed by atoms with E-state index < -0.39 is 0 Å². The monoisotopic (exact) mass is 298 g/mol. The molecule has 0 atom stereocenters. The molecule has 0 saturated heterocycles. The number of amides is 2. The van der Waals surface area contributed by atoms with Gasteiger partial charge in [0.05, 0.1) is 12.1 Å². The van der Waals surface area contributed by atoms with E-state index in [2.05, 4.69) is 5.32 Å². The highest BCUT2D eigenvalue weighted by Crippen LogP contribution is 2.29.